The van der Waals surface area contributed by atoms with Crippen LogP contribution in [0.25, 0.3) is 0 Å². The van der Waals surface area contributed by atoms with Crippen molar-refractivity contribution in [1.82, 2.24) is 0 Å². The van der Waals surface area contributed by atoms with Crippen molar-refractivity contribution in [1.29, 1.82) is 0 Å². The number of cyclic esters (lactones) is 1. The molecule has 29 heavy (non-hydrogen) atoms. The van der Waals surface area contributed by atoms with Gasteiger partial charge in [0, 0.05) is 6.42 Å². The first-order chi connectivity index (χ1) is 13.9. The lowest BCUT2D eigenvalue weighted by molar-refractivity contribution is -0.00329. The van der Waals surface area contributed by atoms with E-state index in [0.717, 1.165) is 22.4 Å². The standard InChI is InChI=1S/C23H28O6/c1-14-4-7-17-11-20(15(2)10-18(25)12-24)29-23(26)21(17)22(14)28-13-16-5-8-19(27-3)9-6-16/h4-9,15,18,20,24-25H,10-13H2,1-3H3/t15-,18?,20-/m0/s1. The number of carbonyl (C=O) groups excluding carboxylic acids is 1. The fourth-order valence-corrected chi connectivity index (χ4v) is 3.61. The summed E-state index contributed by atoms with van der Waals surface area (Å²) in [4.78, 5) is 12.8. The van der Waals surface area contributed by atoms with Crippen molar-refractivity contribution in [3.8, 4) is 11.5 Å². The second kappa shape index (κ2) is 9.29. The molecule has 0 aliphatic carbocycles. The van der Waals surface area contributed by atoms with Crippen molar-refractivity contribution in [2.45, 2.75) is 45.5 Å². The van der Waals surface area contributed by atoms with Gasteiger partial charge in [0.25, 0.3) is 0 Å². The zero-order chi connectivity index (χ0) is 21.0. The molecule has 3 atom stereocenters. The highest BCUT2D eigenvalue weighted by molar-refractivity contribution is 5.95. The summed E-state index contributed by atoms with van der Waals surface area (Å²) in [6.07, 6.45) is -0.226. The highest BCUT2D eigenvalue weighted by Gasteiger charge is 2.33. The van der Waals surface area contributed by atoms with E-state index in [1.165, 1.54) is 0 Å². The van der Waals surface area contributed by atoms with Gasteiger partial charge in [-0.05, 0) is 48.1 Å². The summed E-state index contributed by atoms with van der Waals surface area (Å²) in [6.45, 7) is 3.85. The van der Waals surface area contributed by atoms with Crippen molar-refractivity contribution in [3.63, 3.8) is 0 Å². The summed E-state index contributed by atoms with van der Waals surface area (Å²) >= 11 is 0. The average molecular weight is 400 g/mol. The van der Waals surface area contributed by atoms with E-state index in [4.69, 9.17) is 19.3 Å². The molecule has 0 bridgehead atoms. The Kier molecular flexibility index (Phi) is 6.77. The number of methoxy groups -OCH3 is 1. The van der Waals surface area contributed by atoms with Crippen LogP contribution in [0.5, 0.6) is 11.5 Å². The number of carbonyl (C=O) groups is 1. The Hall–Kier alpha value is -2.57. The minimum atomic E-state index is -0.813. The number of aliphatic hydroxyl groups is 2. The van der Waals surface area contributed by atoms with Gasteiger partial charge in [-0.25, -0.2) is 4.79 Å². The molecule has 3 rings (SSSR count). The Morgan fingerprint density at radius 1 is 1.21 bits per heavy atom. The Morgan fingerprint density at radius 2 is 1.93 bits per heavy atom. The van der Waals surface area contributed by atoms with Crippen LogP contribution in [0.1, 0.15) is 40.4 Å². The van der Waals surface area contributed by atoms with Gasteiger partial charge >= 0.3 is 5.97 Å². The van der Waals surface area contributed by atoms with Gasteiger partial charge in [0.2, 0.25) is 0 Å². The number of esters is 1. The van der Waals surface area contributed by atoms with Gasteiger partial charge in [0.1, 0.15) is 29.8 Å². The molecule has 0 aromatic heterocycles. The summed E-state index contributed by atoms with van der Waals surface area (Å²) in [5.41, 5.74) is 3.20. The van der Waals surface area contributed by atoms with Crippen molar-refractivity contribution in [2.75, 3.05) is 13.7 Å². The molecule has 0 radical (unpaired) electrons. The predicted molar refractivity (Wildman–Crippen MR) is 108 cm³/mol. The molecule has 2 aromatic rings. The molecule has 2 aromatic carbocycles. The molecule has 0 spiro atoms. The molecule has 0 saturated heterocycles. The van der Waals surface area contributed by atoms with Gasteiger partial charge in [0.15, 0.2) is 0 Å². The van der Waals surface area contributed by atoms with Gasteiger partial charge in [-0.2, -0.15) is 0 Å². The molecule has 1 unspecified atom stereocenters. The lowest BCUT2D eigenvalue weighted by Crippen LogP contribution is -2.35. The van der Waals surface area contributed by atoms with E-state index < -0.39 is 12.1 Å². The largest absolute Gasteiger partial charge is 0.497 e. The maximum atomic E-state index is 12.8. The number of hydrogen-bond donors (Lipinski definition) is 2. The Balaban J connectivity index is 1.77. The van der Waals surface area contributed by atoms with Crippen LogP contribution < -0.4 is 9.47 Å². The molecule has 0 saturated carbocycles. The third-order valence-electron chi connectivity index (χ3n) is 5.36. The van der Waals surface area contributed by atoms with Gasteiger partial charge in [-0.3, -0.25) is 0 Å². The smallest absolute Gasteiger partial charge is 0.342 e. The number of aliphatic hydroxyl groups excluding tert-OH is 2. The summed E-state index contributed by atoms with van der Waals surface area (Å²) in [7, 11) is 1.62. The molecule has 0 fully saturated rings. The van der Waals surface area contributed by atoms with Crippen LogP contribution in [0.4, 0.5) is 0 Å². The number of benzene rings is 2. The van der Waals surface area contributed by atoms with Gasteiger partial charge in [-0.1, -0.05) is 31.2 Å². The molecular weight excluding hydrogens is 372 g/mol. The first-order valence-corrected chi connectivity index (χ1v) is 9.81. The fraction of sp³-hybridized carbons (Fsp3) is 0.435. The van der Waals surface area contributed by atoms with Crippen molar-refractivity contribution in [3.05, 3.63) is 58.7 Å². The fourth-order valence-electron chi connectivity index (χ4n) is 3.61. The van der Waals surface area contributed by atoms with E-state index in [2.05, 4.69) is 0 Å². The summed E-state index contributed by atoms with van der Waals surface area (Å²) < 4.78 is 16.9. The van der Waals surface area contributed by atoms with E-state index in [-0.39, 0.29) is 18.6 Å². The Bertz CT molecular complexity index is 845. The first kappa shape index (κ1) is 21.1. The van der Waals surface area contributed by atoms with Crippen LogP contribution in [0, 0.1) is 12.8 Å². The first-order valence-electron chi connectivity index (χ1n) is 9.81. The SMILES string of the molecule is COc1ccc(COc2c(C)ccc3c2C(=O)O[C@H]([C@@H](C)CC(O)CO)C3)cc1. The quantitative estimate of drug-likeness (QED) is 0.663. The number of fused-ring (bicyclic) bond motifs is 1. The third-order valence-corrected chi connectivity index (χ3v) is 5.36. The minimum Gasteiger partial charge on any atom is -0.497 e. The van der Waals surface area contributed by atoms with E-state index in [1.54, 1.807) is 7.11 Å². The number of aryl methyl sites for hydroxylation is 1. The van der Waals surface area contributed by atoms with E-state index in [1.807, 2.05) is 50.2 Å². The molecule has 1 aliphatic rings. The maximum absolute atomic E-state index is 12.8. The highest BCUT2D eigenvalue weighted by atomic mass is 16.5. The average Bonchev–Trinajstić information content (AvgIpc) is 2.73. The molecule has 0 amide bonds. The zero-order valence-corrected chi connectivity index (χ0v) is 17.1. The molecule has 6 nitrogen and oxygen atoms in total. The van der Waals surface area contributed by atoms with Crippen LogP contribution in [-0.2, 0) is 17.8 Å². The summed E-state index contributed by atoms with van der Waals surface area (Å²) in [5.74, 6) is 0.844. The van der Waals surface area contributed by atoms with E-state index >= 15 is 0 Å². The predicted octanol–water partition coefficient (Wildman–Crippen LogP) is 3.04. The van der Waals surface area contributed by atoms with Gasteiger partial charge < -0.3 is 24.4 Å². The second-order valence-electron chi connectivity index (χ2n) is 7.58. The number of rotatable bonds is 8. The number of ether oxygens (including phenoxy) is 3. The van der Waals surface area contributed by atoms with E-state index in [0.29, 0.717) is 30.8 Å². The van der Waals surface area contributed by atoms with Crippen molar-refractivity contribution < 1.29 is 29.2 Å². The summed E-state index contributed by atoms with van der Waals surface area (Å²) in [5, 5.41) is 18.8. The van der Waals surface area contributed by atoms with Crippen LogP contribution in [0.2, 0.25) is 0 Å². The second-order valence-corrected chi connectivity index (χ2v) is 7.58. The molecule has 2 N–H and O–H groups in total. The lowest BCUT2D eigenvalue weighted by Gasteiger charge is -2.31. The van der Waals surface area contributed by atoms with Crippen molar-refractivity contribution >= 4 is 5.97 Å². The molecule has 1 heterocycles. The monoisotopic (exact) mass is 400 g/mol. The van der Waals surface area contributed by atoms with Crippen LogP contribution in [0.15, 0.2) is 36.4 Å². The molecule has 156 valence electrons. The van der Waals surface area contributed by atoms with Crippen LogP contribution >= 0.6 is 0 Å². The number of hydrogen-bond acceptors (Lipinski definition) is 6. The molecular formula is C23H28O6. The highest BCUT2D eigenvalue weighted by Crippen LogP contribution is 2.35. The molecule has 6 heteroatoms. The van der Waals surface area contributed by atoms with Crippen molar-refractivity contribution in [2.24, 2.45) is 5.92 Å². The molecule has 1 aliphatic heterocycles. The van der Waals surface area contributed by atoms with Gasteiger partial charge in [0.05, 0.1) is 19.8 Å². The minimum absolute atomic E-state index is 0.0702. The summed E-state index contributed by atoms with van der Waals surface area (Å²) in [6, 6.07) is 11.5. The normalized spacial score (nSPS) is 17.8. The van der Waals surface area contributed by atoms with E-state index in [9.17, 15) is 9.90 Å². The Morgan fingerprint density at radius 3 is 2.59 bits per heavy atom. The van der Waals surface area contributed by atoms with Gasteiger partial charge in [-0.15, -0.1) is 0 Å². The van der Waals surface area contributed by atoms with Crippen LogP contribution in [-0.4, -0.2) is 42.1 Å². The Labute approximate surface area is 171 Å². The van der Waals surface area contributed by atoms with Crippen LogP contribution in [0.3, 0.4) is 0 Å². The third kappa shape index (κ3) is 4.89. The lowest BCUT2D eigenvalue weighted by atomic mass is 9.88. The maximum Gasteiger partial charge on any atom is 0.342 e. The topological polar surface area (TPSA) is 85.2 Å². The zero-order valence-electron chi connectivity index (χ0n) is 17.1.